The van der Waals surface area contributed by atoms with Crippen LogP contribution in [0.1, 0.15) is 47.2 Å². The fraction of sp³-hybridized carbons (Fsp3) is 0.381. The fourth-order valence-corrected chi connectivity index (χ4v) is 3.22. The number of hydrogen-bond acceptors (Lipinski definition) is 3. The van der Waals surface area contributed by atoms with E-state index in [1.807, 2.05) is 12.1 Å². The van der Waals surface area contributed by atoms with Gasteiger partial charge >= 0.3 is 5.97 Å². The Morgan fingerprint density at radius 3 is 2.32 bits per heavy atom. The van der Waals surface area contributed by atoms with E-state index in [2.05, 4.69) is 17.0 Å². The van der Waals surface area contributed by atoms with Crippen LogP contribution in [0.2, 0.25) is 0 Å². The number of para-hydroxylation sites is 1. The summed E-state index contributed by atoms with van der Waals surface area (Å²) in [6.07, 6.45) is 5.22. The predicted molar refractivity (Wildman–Crippen MR) is 97.9 cm³/mol. The zero-order chi connectivity index (χ0) is 17.5. The van der Waals surface area contributed by atoms with E-state index in [-0.39, 0.29) is 0 Å². The first kappa shape index (κ1) is 17.5. The van der Waals surface area contributed by atoms with Crippen LogP contribution in [-0.2, 0) is 13.2 Å². The summed E-state index contributed by atoms with van der Waals surface area (Å²) in [5.41, 5.74) is 2.48. The Balaban J connectivity index is 1.63. The third-order valence-electron chi connectivity index (χ3n) is 4.66. The van der Waals surface area contributed by atoms with E-state index < -0.39 is 5.97 Å². The second kappa shape index (κ2) is 8.67. The molecule has 1 aliphatic heterocycles. The Kier molecular flexibility index (Phi) is 6.07. The van der Waals surface area contributed by atoms with Gasteiger partial charge in [0.25, 0.3) is 0 Å². The predicted octanol–water partition coefficient (Wildman–Crippen LogP) is 4.34. The van der Waals surface area contributed by atoms with Crippen LogP contribution in [-0.4, -0.2) is 29.1 Å². The van der Waals surface area contributed by atoms with Gasteiger partial charge in [-0.25, -0.2) is 4.79 Å². The van der Waals surface area contributed by atoms with Crippen LogP contribution in [0.15, 0.2) is 48.5 Å². The van der Waals surface area contributed by atoms with Gasteiger partial charge in [-0.1, -0.05) is 43.2 Å². The number of nitrogens with zero attached hydrogens (tertiary/aromatic N) is 1. The summed E-state index contributed by atoms with van der Waals surface area (Å²) in [6, 6.07) is 15.0. The number of carbonyl (C=O) groups is 1. The SMILES string of the molecule is O=C(O)c1ccc(COc2ccccc2CN2CCCCCC2)cc1. The van der Waals surface area contributed by atoms with Gasteiger partial charge in [-0.05, 0) is 49.7 Å². The molecule has 0 aromatic heterocycles. The highest BCUT2D eigenvalue weighted by Crippen LogP contribution is 2.22. The Morgan fingerprint density at radius 2 is 1.64 bits per heavy atom. The lowest BCUT2D eigenvalue weighted by Crippen LogP contribution is -2.24. The molecule has 1 fully saturated rings. The van der Waals surface area contributed by atoms with Crippen LogP contribution in [0.4, 0.5) is 0 Å². The molecule has 2 aromatic carbocycles. The molecule has 4 heteroatoms. The lowest BCUT2D eigenvalue weighted by molar-refractivity contribution is 0.0697. The minimum Gasteiger partial charge on any atom is -0.489 e. The topological polar surface area (TPSA) is 49.8 Å². The molecule has 3 rings (SSSR count). The van der Waals surface area contributed by atoms with Gasteiger partial charge < -0.3 is 9.84 Å². The molecule has 1 saturated heterocycles. The second-order valence-electron chi connectivity index (χ2n) is 6.59. The minimum absolute atomic E-state index is 0.297. The van der Waals surface area contributed by atoms with Gasteiger partial charge in [0, 0.05) is 12.1 Å². The maximum atomic E-state index is 10.9. The molecule has 0 atom stereocenters. The van der Waals surface area contributed by atoms with E-state index in [1.54, 1.807) is 24.3 Å². The van der Waals surface area contributed by atoms with Crippen LogP contribution in [0.3, 0.4) is 0 Å². The van der Waals surface area contributed by atoms with Crippen molar-refractivity contribution in [2.75, 3.05) is 13.1 Å². The average Bonchev–Trinajstić information content (AvgIpc) is 2.90. The van der Waals surface area contributed by atoms with Gasteiger partial charge in [-0.15, -0.1) is 0 Å². The Hall–Kier alpha value is -2.33. The van der Waals surface area contributed by atoms with Gasteiger partial charge in [0.05, 0.1) is 5.56 Å². The molecule has 0 radical (unpaired) electrons. The zero-order valence-electron chi connectivity index (χ0n) is 14.5. The molecule has 2 aromatic rings. The third kappa shape index (κ3) is 5.07. The maximum absolute atomic E-state index is 10.9. The van der Waals surface area contributed by atoms with Crippen molar-refractivity contribution in [2.45, 2.75) is 38.8 Å². The minimum atomic E-state index is -0.907. The smallest absolute Gasteiger partial charge is 0.335 e. The van der Waals surface area contributed by atoms with E-state index in [1.165, 1.54) is 31.2 Å². The number of likely N-dealkylation sites (tertiary alicyclic amines) is 1. The monoisotopic (exact) mass is 339 g/mol. The summed E-state index contributed by atoms with van der Waals surface area (Å²) in [7, 11) is 0. The Bertz CT molecular complexity index is 689. The van der Waals surface area contributed by atoms with E-state index >= 15 is 0 Å². The molecule has 1 heterocycles. The van der Waals surface area contributed by atoms with Crippen molar-refractivity contribution in [1.29, 1.82) is 0 Å². The highest BCUT2D eigenvalue weighted by atomic mass is 16.5. The van der Waals surface area contributed by atoms with E-state index in [9.17, 15) is 4.79 Å². The van der Waals surface area contributed by atoms with Crippen molar-refractivity contribution in [2.24, 2.45) is 0 Å². The van der Waals surface area contributed by atoms with E-state index in [0.29, 0.717) is 12.2 Å². The first-order chi connectivity index (χ1) is 12.2. The zero-order valence-corrected chi connectivity index (χ0v) is 14.5. The van der Waals surface area contributed by atoms with Crippen molar-refractivity contribution < 1.29 is 14.6 Å². The average molecular weight is 339 g/mol. The number of aromatic carboxylic acids is 1. The number of ether oxygens (including phenoxy) is 1. The van der Waals surface area contributed by atoms with Gasteiger partial charge in [0.1, 0.15) is 12.4 Å². The maximum Gasteiger partial charge on any atom is 0.335 e. The van der Waals surface area contributed by atoms with Crippen molar-refractivity contribution in [3.05, 3.63) is 65.2 Å². The summed E-state index contributed by atoms with van der Waals surface area (Å²) in [6.45, 7) is 3.68. The molecule has 1 N–H and O–H groups in total. The molecule has 1 aliphatic rings. The van der Waals surface area contributed by atoms with Gasteiger partial charge in [-0.2, -0.15) is 0 Å². The second-order valence-corrected chi connectivity index (χ2v) is 6.59. The molecule has 0 spiro atoms. The standard InChI is InChI=1S/C21H25NO3/c23-21(24)18-11-9-17(10-12-18)16-25-20-8-4-3-7-19(20)15-22-13-5-1-2-6-14-22/h3-4,7-12H,1-2,5-6,13-16H2,(H,23,24). The van der Waals surface area contributed by atoms with Crippen molar-refractivity contribution in [3.63, 3.8) is 0 Å². The Morgan fingerprint density at radius 1 is 0.960 bits per heavy atom. The number of rotatable bonds is 6. The van der Waals surface area contributed by atoms with Gasteiger partial charge in [-0.3, -0.25) is 4.90 Å². The highest BCUT2D eigenvalue weighted by Gasteiger charge is 2.12. The fourth-order valence-electron chi connectivity index (χ4n) is 3.22. The van der Waals surface area contributed by atoms with Crippen molar-refractivity contribution in [1.82, 2.24) is 4.90 Å². The molecule has 25 heavy (non-hydrogen) atoms. The lowest BCUT2D eigenvalue weighted by atomic mass is 10.1. The first-order valence-electron chi connectivity index (χ1n) is 8.98. The van der Waals surface area contributed by atoms with Crippen LogP contribution < -0.4 is 4.74 Å². The van der Waals surface area contributed by atoms with Crippen LogP contribution >= 0.6 is 0 Å². The highest BCUT2D eigenvalue weighted by molar-refractivity contribution is 5.87. The summed E-state index contributed by atoms with van der Waals surface area (Å²) in [5.74, 6) is 0.00400. The van der Waals surface area contributed by atoms with Crippen LogP contribution in [0.25, 0.3) is 0 Å². The number of carboxylic acid groups (broad SMARTS) is 1. The molecule has 0 aliphatic carbocycles. The molecular weight excluding hydrogens is 314 g/mol. The summed E-state index contributed by atoms with van der Waals surface area (Å²) in [5, 5.41) is 8.96. The van der Waals surface area contributed by atoms with Crippen LogP contribution in [0.5, 0.6) is 5.75 Å². The van der Waals surface area contributed by atoms with Crippen molar-refractivity contribution in [3.8, 4) is 5.75 Å². The third-order valence-corrected chi connectivity index (χ3v) is 4.66. The number of hydrogen-bond donors (Lipinski definition) is 1. The molecule has 0 unspecified atom stereocenters. The molecule has 0 bridgehead atoms. The van der Waals surface area contributed by atoms with Crippen molar-refractivity contribution >= 4 is 5.97 Å². The van der Waals surface area contributed by atoms with E-state index in [0.717, 1.165) is 30.9 Å². The van der Waals surface area contributed by atoms with E-state index in [4.69, 9.17) is 9.84 Å². The molecular formula is C21H25NO3. The molecule has 0 amide bonds. The molecule has 4 nitrogen and oxygen atoms in total. The summed E-state index contributed by atoms with van der Waals surface area (Å²) >= 11 is 0. The molecule has 0 saturated carbocycles. The summed E-state index contributed by atoms with van der Waals surface area (Å²) in [4.78, 5) is 13.4. The lowest BCUT2D eigenvalue weighted by Gasteiger charge is -2.21. The first-order valence-corrected chi connectivity index (χ1v) is 8.98. The number of carboxylic acids is 1. The van der Waals surface area contributed by atoms with Gasteiger partial charge in [0.2, 0.25) is 0 Å². The van der Waals surface area contributed by atoms with Crippen LogP contribution in [0, 0.1) is 0 Å². The molecule has 132 valence electrons. The normalized spacial score (nSPS) is 15.5. The van der Waals surface area contributed by atoms with Gasteiger partial charge in [0.15, 0.2) is 0 Å². The quantitative estimate of drug-likeness (QED) is 0.850. The Labute approximate surface area is 149 Å². The summed E-state index contributed by atoms with van der Waals surface area (Å²) < 4.78 is 6.02. The largest absolute Gasteiger partial charge is 0.489 e. The number of benzene rings is 2.